The van der Waals surface area contributed by atoms with E-state index in [1.54, 1.807) is 0 Å². The van der Waals surface area contributed by atoms with Crippen molar-refractivity contribution in [1.29, 1.82) is 31.6 Å². The van der Waals surface area contributed by atoms with Crippen molar-refractivity contribution in [3.63, 3.8) is 0 Å². The maximum atomic E-state index is 10.6. The molecule has 14 heteroatoms. The second-order valence-electron chi connectivity index (χ2n) is 24.8. The van der Waals surface area contributed by atoms with Gasteiger partial charge in [-0.15, -0.1) is 0 Å². The van der Waals surface area contributed by atoms with E-state index in [1.807, 2.05) is 194 Å². The van der Waals surface area contributed by atoms with Crippen molar-refractivity contribution >= 4 is 43.6 Å². The van der Waals surface area contributed by atoms with Gasteiger partial charge in [-0.25, -0.2) is 29.9 Å². The highest BCUT2D eigenvalue weighted by Gasteiger charge is 2.28. The quantitative estimate of drug-likeness (QED) is 0.111. The SMILES string of the molecule is N#Cc1cc(C#N)c(-c2ccc3c(c2)c2ccccc2n3-c2cccc(-c3nc(-c4ccccc4)nc(-c4ccccc4)n3)c2-c2cccc(-c3c(-c4nc(-c5ccccc5)nc(-c5ccccc5)n4)cccc3-n3c4ccccc4c4cc(-c5c(C#N)cc(C#N)cc5C#N)ccc43)c2)c(C#N)c1. The molecular formula is C90H48N14. The molecule has 14 nitrogen and oxygen atoms in total. The van der Waals surface area contributed by atoms with Gasteiger partial charge in [-0.05, 0) is 101 Å². The Balaban J connectivity index is 0.965. The van der Waals surface area contributed by atoms with E-state index in [4.69, 9.17) is 29.9 Å². The van der Waals surface area contributed by atoms with Gasteiger partial charge in [0.25, 0.3) is 0 Å². The van der Waals surface area contributed by atoms with E-state index < -0.39 is 0 Å². The summed E-state index contributed by atoms with van der Waals surface area (Å²) < 4.78 is 4.49. The van der Waals surface area contributed by atoms with Crippen LogP contribution in [0.5, 0.6) is 0 Å². The van der Waals surface area contributed by atoms with Gasteiger partial charge in [0.2, 0.25) is 0 Å². The van der Waals surface area contributed by atoms with Crippen molar-refractivity contribution < 1.29 is 0 Å². The number of benzene rings is 13. The number of nitriles is 6. The fraction of sp³-hybridized carbons (Fsp3) is 0. The molecular weight excluding hydrogens is 1280 g/mol. The molecule has 0 amide bonds. The molecule has 4 heterocycles. The maximum absolute atomic E-state index is 10.6. The van der Waals surface area contributed by atoms with Gasteiger partial charge in [-0.3, -0.25) is 0 Å². The number of rotatable bonds is 12. The minimum absolute atomic E-state index is 0.214. The molecule has 104 heavy (non-hydrogen) atoms. The summed E-state index contributed by atoms with van der Waals surface area (Å²) in [7, 11) is 0. The summed E-state index contributed by atoms with van der Waals surface area (Å²) in [4.78, 5) is 31.9. The number of fused-ring (bicyclic) bond motifs is 6. The number of hydrogen-bond donors (Lipinski definition) is 0. The van der Waals surface area contributed by atoms with Crippen molar-refractivity contribution in [2.45, 2.75) is 0 Å². The minimum atomic E-state index is 0.214. The number of para-hydroxylation sites is 2. The minimum Gasteiger partial charge on any atom is -0.309 e. The van der Waals surface area contributed by atoms with Gasteiger partial charge in [0.05, 0.1) is 103 Å². The molecule has 0 aliphatic heterocycles. The lowest BCUT2D eigenvalue weighted by Crippen LogP contribution is -2.05. The molecule has 0 radical (unpaired) electrons. The van der Waals surface area contributed by atoms with Gasteiger partial charge in [0, 0.05) is 77.2 Å². The van der Waals surface area contributed by atoms with Crippen molar-refractivity contribution in [3.05, 3.63) is 325 Å². The van der Waals surface area contributed by atoms with Crippen molar-refractivity contribution in [2.24, 2.45) is 0 Å². The zero-order valence-electron chi connectivity index (χ0n) is 55.0. The smallest absolute Gasteiger partial charge is 0.164 e. The van der Waals surface area contributed by atoms with Gasteiger partial charge in [0.1, 0.15) is 0 Å². The zero-order chi connectivity index (χ0) is 70.4. The van der Waals surface area contributed by atoms with Gasteiger partial charge in [0.15, 0.2) is 34.9 Å². The van der Waals surface area contributed by atoms with E-state index in [-0.39, 0.29) is 33.4 Å². The molecule has 0 fully saturated rings. The summed E-state index contributed by atoms with van der Waals surface area (Å²) in [6.07, 6.45) is 0. The average molecular weight is 1330 g/mol. The molecule has 0 N–H and O–H groups in total. The van der Waals surface area contributed by atoms with E-state index >= 15 is 0 Å². The van der Waals surface area contributed by atoms with Gasteiger partial charge < -0.3 is 9.13 Å². The van der Waals surface area contributed by atoms with Crippen LogP contribution < -0.4 is 0 Å². The lowest BCUT2D eigenvalue weighted by molar-refractivity contribution is 1.07. The molecule has 478 valence electrons. The first-order valence-corrected chi connectivity index (χ1v) is 33.3. The molecule has 0 saturated heterocycles. The lowest BCUT2D eigenvalue weighted by atomic mass is 9.91. The van der Waals surface area contributed by atoms with Gasteiger partial charge in [-0.2, -0.15) is 31.6 Å². The maximum Gasteiger partial charge on any atom is 0.164 e. The summed E-state index contributed by atoms with van der Waals surface area (Å²) in [6.45, 7) is 0. The average Bonchev–Trinajstić information content (AvgIpc) is 1.53. The summed E-state index contributed by atoms with van der Waals surface area (Å²) in [5.41, 5.74) is 16.1. The molecule has 0 atom stereocenters. The van der Waals surface area contributed by atoms with Crippen LogP contribution in [0.1, 0.15) is 33.4 Å². The van der Waals surface area contributed by atoms with E-state index in [1.165, 1.54) is 24.3 Å². The monoisotopic (exact) mass is 1320 g/mol. The van der Waals surface area contributed by atoms with Crippen LogP contribution in [0.3, 0.4) is 0 Å². The first-order chi connectivity index (χ1) is 51.3. The fourth-order valence-corrected chi connectivity index (χ4v) is 14.3. The van der Waals surface area contributed by atoms with Crippen LogP contribution in [0.25, 0.3) is 168 Å². The number of aromatic nitrogens is 8. The zero-order valence-corrected chi connectivity index (χ0v) is 55.0. The van der Waals surface area contributed by atoms with E-state index in [0.29, 0.717) is 68.3 Å². The first-order valence-electron chi connectivity index (χ1n) is 33.3. The van der Waals surface area contributed by atoms with Crippen LogP contribution in [0, 0.1) is 68.0 Å². The van der Waals surface area contributed by atoms with E-state index in [0.717, 1.165) is 99.5 Å². The molecule has 0 bridgehead atoms. The van der Waals surface area contributed by atoms with Gasteiger partial charge >= 0.3 is 0 Å². The third-order valence-corrected chi connectivity index (χ3v) is 18.8. The Hall–Kier alpha value is -15.6. The van der Waals surface area contributed by atoms with Crippen LogP contribution in [0.4, 0.5) is 0 Å². The van der Waals surface area contributed by atoms with Crippen molar-refractivity contribution in [1.82, 2.24) is 39.0 Å². The highest BCUT2D eigenvalue weighted by Crippen LogP contribution is 2.47. The second-order valence-corrected chi connectivity index (χ2v) is 24.8. The van der Waals surface area contributed by atoms with Gasteiger partial charge in [-0.1, -0.05) is 212 Å². The lowest BCUT2D eigenvalue weighted by Gasteiger charge is -2.21. The molecule has 0 spiro atoms. The van der Waals surface area contributed by atoms with Crippen LogP contribution in [0.2, 0.25) is 0 Å². The molecule has 13 aromatic carbocycles. The van der Waals surface area contributed by atoms with E-state index in [2.05, 4.69) is 118 Å². The molecule has 0 aliphatic carbocycles. The van der Waals surface area contributed by atoms with Crippen LogP contribution in [0.15, 0.2) is 291 Å². The first kappa shape index (κ1) is 62.0. The van der Waals surface area contributed by atoms with Crippen LogP contribution in [-0.2, 0) is 0 Å². The van der Waals surface area contributed by atoms with Crippen molar-refractivity contribution in [2.75, 3.05) is 0 Å². The number of nitrogens with zero attached hydrogens (tertiary/aromatic N) is 14. The summed E-state index contributed by atoms with van der Waals surface area (Å²) in [6, 6.07) is 108. The number of hydrogen-bond acceptors (Lipinski definition) is 12. The molecule has 0 saturated carbocycles. The Morgan fingerprint density at radius 1 is 0.212 bits per heavy atom. The standard InChI is InChI=1S/C90H48N14/c91-49-55-42-65(51-93)81(66(43-55)52-94)63-38-40-77-73(47-63)69-30-13-15-34-75(69)103(77)79-36-18-32-71(89-99-85(57-20-5-1-6-21-57)97-86(100-89)58-22-7-2-8-23-58)83(79)61-28-17-29-62(46-61)84-72(90-101-87(59-24-9-3-10-25-59)98-88(102-90)60-26-11-4-12-27-60)33-19-37-80(84)104-76-35-16-14-31-70(76)74-48-64(39-41-78(74)104)82-67(53-95)44-56(50-92)45-68(82)54-96/h1-48H. The normalized spacial score (nSPS) is 11.0. The summed E-state index contributed by atoms with van der Waals surface area (Å²) in [5, 5.41) is 65.7. The molecule has 4 aromatic heterocycles. The Kier molecular flexibility index (Phi) is 15.5. The largest absolute Gasteiger partial charge is 0.309 e. The third kappa shape index (κ3) is 10.7. The predicted octanol–water partition coefficient (Wildman–Crippen LogP) is 20.2. The second kappa shape index (κ2) is 26.0. The Labute approximate surface area is 596 Å². The Morgan fingerprint density at radius 3 is 0.837 bits per heavy atom. The Bertz CT molecular complexity index is 6090. The third-order valence-electron chi connectivity index (χ3n) is 18.8. The van der Waals surface area contributed by atoms with E-state index in [9.17, 15) is 31.6 Å². The van der Waals surface area contributed by atoms with Crippen LogP contribution in [-0.4, -0.2) is 39.0 Å². The molecule has 17 aromatic rings. The highest BCUT2D eigenvalue weighted by molar-refractivity contribution is 6.13. The molecule has 17 rings (SSSR count). The molecule has 0 unspecified atom stereocenters. The van der Waals surface area contributed by atoms with Crippen LogP contribution >= 0.6 is 0 Å². The molecule has 0 aliphatic rings. The fourth-order valence-electron chi connectivity index (χ4n) is 14.3. The summed E-state index contributed by atoms with van der Waals surface area (Å²) in [5.74, 6) is 2.75. The predicted molar refractivity (Wildman–Crippen MR) is 405 cm³/mol. The van der Waals surface area contributed by atoms with Crippen molar-refractivity contribution in [3.8, 4) is 161 Å². The summed E-state index contributed by atoms with van der Waals surface area (Å²) >= 11 is 0. The topological polar surface area (TPSA) is 230 Å². The highest BCUT2D eigenvalue weighted by atomic mass is 15.1. The Morgan fingerprint density at radius 2 is 0.500 bits per heavy atom.